The van der Waals surface area contributed by atoms with Crippen LogP contribution in [0.4, 0.5) is 0 Å². The molecule has 2 rings (SSSR count). The summed E-state index contributed by atoms with van der Waals surface area (Å²) in [5.74, 6) is 6.42. The third-order valence-corrected chi connectivity index (χ3v) is 2.68. The first kappa shape index (κ1) is 11.6. The zero-order chi connectivity index (χ0) is 12.3. The number of aromatic nitrogens is 1. The summed E-state index contributed by atoms with van der Waals surface area (Å²) in [4.78, 5) is 4.48. The van der Waals surface area contributed by atoms with Crippen LogP contribution < -0.4 is 5.73 Å². The highest BCUT2D eigenvalue weighted by atomic mass is 14.7. The van der Waals surface area contributed by atoms with Crippen molar-refractivity contribution in [1.82, 2.24) is 4.98 Å². The number of hydrogen-bond acceptors (Lipinski definition) is 2. The fourth-order valence-corrected chi connectivity index (χ4v) is 1.46. The van der Waals surface area contributed by atoms with Gasteiger partial charge in [0, 0.05) is 5.39 Å². The third-order valence-electron chi connectivity index (χ3n) is 2.68. The highest BCUT2D eigenvalue weighted by molar-refractivity contribution is 5.78. The molecule has 86 valence electrons. The van der Waals surface area contributed by atoms with Crippen LogP contribution in [0.25, 0.3) is 10.9 Å². The normalized spacial score (nSPS) is 12.2. The van der Waals surface area contributed by atoms with Crippen LogP contribution in [0.3, 0.4) is 0 Å². The summed E-state index contributed by atoms with van der Waals surface area (Å²) in [6.07, 6.45) is 0. The molecule has 1 aromatic carbocycles. The molecule has 2 N–H and O–H groups in total. The average Bonchev–Trinajstić information content (AvgIpc) is 2.35. The highest BCUT2D eigenvalue weighted by Crippen LogP contribution is 2.11. The predicted octanol–water partition coefficient (Wildman–Crippen LogP) is 2.57. The van der Waals surface area contributed by atoms with Gasteiger partial charge in [0.25, 0.3) is 0 Å². The molecule has 2 aromatic rings. The van der Waals surface area contributed by atoms with E-state index in [0.29, 0.717) is 5.92 Å². The molecule has 2 nitrogen and oxygen atoms in total. The van der Waals surface area contributed by atoms with E-state index in [1.54, 1.807) is 0 Å². The molecule has 1 unspecified atom stereocenters. The second kappa shape index (κ2) is 4.99. The summed E-state index contributed by atoms with van der Waals surface area (Å²) in [6, 6.07) is 11.9. The number of pyridine rings is 1. The summed E-state index contributed by atoms with van der Waals surface area (Å²) >= 11 is 0. The maximum absolute atomic E-state index is 5.88. The summed E-state index contributed by atoms with van der Waals surface area (Å²) in [5.41, 5.74) is 7.62. The van der Waals surface area contributed by atoms with Crippen molar-refractivity contribution in [2.24, 2.45) is 11.7 Å². The Hall–Kier alpha value is -1.85. The molecule has 0 saturated heterocycles. The molecule has 1 atom stereocenters. The zero-order valence-electron chi connectivity index (χ0n) is 10.1. The minimum absolute atomic E-state index is 0.0942. The van der Waals surface area contributed by atoms with Crippen molar-refractivity contribution in [2.45, 2.75) is 19.9 Å². The first-order valence-electron chi connectivity index (χ1n) is 5.80. The molecule has 0 fully saturated rings. The van der Waals surface area contributed by atoms with E-state index in [4.69, 9.17) is 5.73 Å². The number of hydrogen-bond donors (Lipinski definition) is 1. The Balaban J connectivity index is 2.31. The first-order chi connectivity index (χ1) is 8.16. The van der Waals surface area contributed by atoms with Crippen molar-refractivity contribution in [1.29, 1.82) is 0 Å². The number of nitrogens with zero attached hydrogens (tertiary/aromatic N) is 1. The quantitative estimate of drug-likeness (QED) is 0.756. The van der Waals surface area contributed by atoms with E-state index in [2.05, 4.69) is 30.7 Å². The molecule has 0 aliphatic carbocycles. The van der Waals surface area contributed by atoms with Crippen LogP contribution in [0.15, 0.2) is 36.4 Å². The molecule has 17 heavy (non-hydrogen) atoms. The summed E-state index contributed by atoms with van der Waals surface area (Å²) < 4.78 is 0. The largest absolute Gasteiger partial charge is 0.317 e. The van der Waals surface area contributed by atoms with Gasteiger partial charge in [-0.2, -0.15) is 0 Å². The Morgan fingerprint density at radius 2 is 1.88 bits per heavy atom. The Morgan fingerprint density at radius 1 is 1.12 bits per heavy atom. The number of fused-ring (bicyclic) bond motifs is 1. The fourth-order valence-electron chi connectivity index (χ4n) is 1.46. The average molecular weight is 224 g/mol. The van der Waals surface area contributed by atoms with Crippen molar-refractivity contribution in [3.63, 3.8) is 0 Å². The lowest BCUT2D eigenvalue weighted by molar-refractivity contribution is 0.584. The summed E-state index contributed by atoms with van der Waals surface area (Å²) in [7, 11) is 0. The van der Waals surface area contributed by atoms with Gasteiger partial charge in [0.15, 0.2) is 0 Å². The van der Waals surface area contributed by atoms with Gasteiger partial charge >= 0.3 is 0 Å². The molecule has 0 amide bonds. The second-order valence-corrected chi connectivity index (χ2v) is 4.43. The van der Waals surface area contributed by atoms with Crippen molar-refractivity contribution in [3.8, 4) is 11.8 Å². The molecule has 2 heteroatoms. The Kier molecular flexibility index (Phi) is 3.41. The van der Waals surface area contributed by atoms with Crippen molar-refractivity contribution in [2.75, 3.05) is 0 Å². The molecular weight excluding hydrogens is 208 g/mol. The summed E-state index contributed by atoms with van der Waals surface area (Å²) in [6.45, 7) is 4.13. The molecule has 0 bridgehead atoms. The smallest absolute Gasteiger partial charge is 0.113 e. The molecule has 0 radical (unpaired) electrons. The van der Waals surface area contributed by atoms with E-state index in [1.165, 1.54) is 0 Å². The van der Waals surface area contributed by atoms with E-state index in [-0.39, 0.29) is 6.04 Å². The standard InChI is InChI=1S/C15H16N2/c1-11(2)14(16)10-9-13-8-7-12-5-3-4-6-15(12)17-13/h3-8,11,14H,16H2,1-2H3. The second-order valence-electron chi connectivity index (χ2n) is 4.43. The lowest BCUT2D eigenvalue weighted by Crippen LogP contribution is -2.23. The molecule has 0 aliphatic rings. The predicted molar refractivity (Wildman–Crippen MR) is 71.4 cm³/mol. The van der Waals surface area contributed by atoms with E-state index in [9.17, 15) is 0 Å². The zero-order valence-corrected chi connectivity index (χ0v) is 10.1. The van der Waals surface area contributed by atoms with Gasteiger partial charge in [0.2, 0.25) is 0 Å². The van der Waals surface area contributed by atoms with Gasteiger partial charge in [-0.05, 0) is 24.0 Å². The SMILES string of the molecule is CC(C)C(N)C#Cc1ccc2ccccc2n1. The van der Waals surface area contributed by atoms with Crippen molar-refractivity contribution in [3.05, 3.63) is 42.1 Å². The van der Waals surface area contributed by atoms with Crippen LogP contribution in [0.1, 0.15) is 19.5 Å². The number of para-hydroxylation sites is 1. The van der Waals surface area contributed by atoms with E-state index >= 15 is 0 Å². The Bertz CT molecular complexity index is 576. The Morgan fingerprint density at radius 3 is 2.65 bits per heavy atom. The van der Waals surface area contributed by atoms with Crippen LogP contribution in [-0.2, 0) is 0 Å². The first-order valence-corrected chi connectivity index (χ1v) is 5.80. The third kappa shape index (κ3) is 2.83. The molecule has 1 aromatic heterocycles. The van der Waals surface area contributed by atoms with Gasteiger partial charge in [-0.25, -0.2) is 4.98 Å². The molecular formula is C15H16N2. The van der Waals surface area contributed by atoms with Crippen LogP contribution in [0, 0.1) is 17.8 Å². The van der Waals surface area contributed by atoms with E-state index in [1.807, 2.05) is 36.4 Å². The molecule has 1 heterocycles. The maximum atomic E-state index is 5.88. The number of benzene rings is 1. The van der Waals surface area contributed by atoms with Gasteiger partial charge in [0.05, 0.1) is 11.6 Å². The minimum Gasteiger partial charge on any atom is -0.317 e. The molecule has 0 spiro atoms. The van der Waals surface area contributed by atoms with Crippen molar-refractivity contribution < 1.29 is 0 Å². The number of nitrogens with two attached hydrogens (primary N) is 1. The molecule has 0 saturated carbocycles. The van der Waals surface area contributed by atoms with Crippen LogP contribution in [0.5, 0.6) is 0 Å². The Labute approximate surface area is 102 Å². The number of rotatable bonds is 1. The van der Waals surface area contributed by atoms with Gasteiger partial charge in [-0.3, -0.25) is 0 Å². The summed E-state index contributed by atoms with van der Waals surface area (Å²) in [5, 5.41) is 1.13. The van der Waals surface area contributed by atoms with Gasteiger partial charge in [-0.15, -0.1) is 0 Å². The van der Waals surface area contributed by atoms with Gasteiger partial charge in [-0.1, -0.05) is 44.0 Å². The minimum atomic E-state index is -0.0942. The lowest BCUT2D eigenvalue weighted by Gasteiger charge is -2.06. The van der Waals surface area contributed by atoms with Crippen LogP contribution in [-0.4, -0.2) is 11.0 Å². The van der Waals surface area contributed by atoms with Gasteiger partial charge in [0.1, 0.15) is 5.69 Å². The van der Waals surface area contributed by atoms with E-state index in [0.717, 1.165) is 16.6 Å². The lowest BCUT2D eigenvalue weighted by atomic mass is 10.1. The maximum Gasteiger partial charge on any atom is 0.113 e. The topological polar surface area (TPSA) is 38.9 Å². The fraction of sp³-hybridized carbons (Fsp3) is 0.267. The monoisotopic (exact) mass is 224 g/mol. The van der Waals surface area contributed by atoms with Crippen molar-refractivity contribution >= 4 is 10.9 Å². The highest BCUT2D eigenvalue weighted by Gasteiger charge is 2.02. The van der Waals surface area contributed by atoms with E-state index < -0.39 is 0 Å². The molecule has 0 aliphatic heterocycles. The van der Waals surface area contributed by atoms with Crippen LogP contribution in [0.2, 0.25) is 0 Å². The van der Waals surface area contributed by atoms with Crippen LogP contribution >= 0.6 is 0 Å². The van der Waals surface area contributed by atoms with Gasteiger partial charge < -0.3 is 5.73 Å².